The Labute approximate surface area is 88.0 Å². The minimum atomic E-state index is -0.762. The third-order valence-corrected chi connectivity index (χ3v) is 2.08. The van der Waals surface area contributed by atoms with Gasteiger partial charge in [0, 0.05) is 6.04 Å². The molecule has 1 aliphatic heterocycles. The highest BCUT2D eigenvalue weighted by Gasteiger charge is 2.36. The Kier molecular flexibility index (Phi) is 3.28. The lowest BCUT2D eigenvalue weighted by atomic mass is 10.2. The van der Waals surface area contributed by atoms with E-state index in [-0.39, 0.29) is 24.4 Å². The average Bonchev–Trinajstić information content (AvgIpc) is 2.44. The van der Waals surface area contributed by atoms with E-state index >= 15 is 0 Å². The second kappa shape index (κ2) is 4.29. The van der Waals surface area contributed by atoms with E-state index in [2.05, 4.69) is 10.6 Å². The Hall–Kier alpha value is -1.59. The minimum Gasteiger partial charge on any atom is -0.352 e. The zero-order valence-corrected chi connectivity index (χ0v) is 9.03. The van der Waals surface area contributed by atoms with Crippen molar-refractivity contribution in [3.05, 3.63) is 0 Å². The molecule has 6 heteroatoms. The molecule has 0 aromatic rings. The number of hydrogen-bond donors (Lipinski definition) is 2. The molecule has 4 amide bonds. The summed E-state index contributed by atoms with van der Waals surface area (Å²) in [6, 6.07) is -1.28. The van der Waals surface area contributed by atoms with E-state index < -0.39 is 12.1 Å². The number of carbonyl (C=O) groups excluding carboxylic acids is 3. The first-order chi connectivity index (χ1) is 6.93. The second-order valence-electron chi connectivity index (χ2n) is 3.76. The molecule has 1 atom stereocenters. The monoisotopic (exact) mass is 213 g/mol. The number of rotatable bonds is 3. The molecule has 6 nitrogen and oxygen atoms in total. The summed E-state index contributed by atoms with van der Waals surface area (Å²) in [4.78, 5) is 35.0. The van der Waals surface area contributed by atoms with Crippen LogP contribution in [0.5, 0.6) is 0 Å². The molecule has 0 aromatic heterocycles. The molecule has 1 fully saturated rings. The first kappa shape index (κ1) is 11.5. The van der Waals surface area contributed by atoms with E-state index in [1.807, 2.05) is 13.8 Å². The summed E-state index contributed by atoms with van der Waals surface area (Å²) in [5.74, 6) is -0.693. The second-order valence-corrected chi connectivity index (χ2v) is 3.76. The van der Waals surface area contributed by atoms with Crippen molar-refractivity contribution in [2.24, 2.45) is 0 Å². The van der Waals surface area contributed by atoms with Crippen LogP contribution in [0.2, 0.25) is 0 Å². The van der Waals surface area contributed by atoms with Crippen molar-refractivity contribution >= 4 is 17.8 Å². The van der Waals surface area contributed by atoms with E-state index in [0.717, 1.165) is 4.90 Å². The normalized spacial score (nSPS) is 18.0. The van der Waals surface area contributed by atoms with Crippen LogP contribution >= 0.6 is 0 Å². The fourth-order valence-corrected chi connectivity index (χ4v) is 1.35. The van der Waals surface area contributed by atoms with Crippen molar-refractivity contribution in [1.82, 2.24) is 15.5 Å². The molecule has 1 rings (SSSR count). The van der Waals surface area contributed by atoms with Gasteiger partial charge in [-0.3, -0.25) is 14.5 Å². The van der Waals surface area contributed by atoms with Crippen LogP contribution < -0.4 is 10.6 Å². The lowest BCUT2D eigenvalue weighted by Gasteiger charge is -2.21. The lowest BCUT2D eigenvalue weighted by molar-refractivity contribution is -0.134. The number of imide groups is 1. The summed E-state index contributed by atoms with van der Waals surface area (Å²) in [5.41, 5.74) is 0. The lowest BCUT2D eigenvalue weighted by Crippen LogP contribution is -2.49. The Balaban J connectivity index is 2.67. The zero-order chi connectivity index (χ0) is 11.6. The molecule has 84 valence electrons. The van der Waals surface area contributed by atoms with Crippen LogP contribution in [0.3, 0.4) is 0 Å². The predicted molar refractivity (Wildman–Crippen MR) is 53.0 cm³/mol. The summed E-state index contributed by atoms with van der Waals surface area (Å²) in [6.45, 7) is 5.13. The van der Waals surface area contributed by atoms with Gasteiger partial charge in [0.1, 0.15) is 6.04 Å². The quantitative estimate of drug-likeness (QED) is 0.617. The third kappa shape index (κ3) is 2.45. The maximum Gasteiger partial charge on any atom is 0.325 e. The number of carbonyl (C=O) groups is 3. The molecule has 1 aliphatic rings. The molecular formula is C9H15N3O3. The highest BCUT2D eigenvalue weighted by atomic mass is 16.2. The Bertz CT molecular complexity index is 285. The number of nitrogens with zero attached hydrogens (tertiary/aromatic N) is 1. The smallest absolute Gasteiger partial charge is 0.325 e. The summed E-state index contributed by atoms with van der Waals surface area (Å²) in [5, 5.41) is 5.01. The van der Waals surface area contributed by atoms with Crippen LogP contribution in [0, 0.1) is 0 Å². The van der Waals surface area contributed by atoms with Gasteiger partial charge < -0.3 is 10.6 Å². The Morgan fingerprint density at radius 2 is 2.00 bits per heavy atom. The van der Waals surface area contributed by atoms with Gasteiger partial charge >= 0.3 is 6.03 Å². The van der Waals surface area contributed by atoms with E-state index in [4.69, 9.17) is 0 Å². The summed E-state index contributed by atoms with van der Waals surface area (Å²) in [7, 11) is 0. The van der Waals surface area contributed by atoms with Gasteiger partial charge in [-0.05, 0) is 20.8 Å². The van der Waals surface area contributed by atoms with Crippen molar-refractivity contribution in [3.63, 3.8) is 0 Å². The molecule has 2 N–H and O–H groups in total. The van der Waals surface area contributed by atoms with Gasteiger partial charge in [0.25, 0.3) is 5.91 Å². The van der Waals surface area contributed by atoms with Gasteiger partial charge in [0.15, 0.2) is 0 Å². The van der Waals surface area contributed by atoms with Crippen molar-refractivity contribution < 1.29 is 14.4 Å². The maximum atomic E-state index is 11.5. The number of nitrogens with one attached hydrogen (secondary N) is 2. The van der Waals surface area contributed by atoms with Gasteiger partial charge in [0.05, 0.1) is 6.54 Å². The van der Waals surface area contributed by atoms with Crippen molar-refractivity contribution in [2.75, 3.05) is 6.54 Å². The Morgan fingerprint density at radius 1 is 1.40 bits per heavy atom. The summed E-state index contributed by atoms with van der Waals surface area (Å²) < 4.78 is 0. The predicted octanol–water partition coefficient (Wildman–Crippen LogP) is -0.549. The zero-order valence-electron chi connectivity index (χ0n) is 9.03. The number of hydrogen-bond acceptors (Lipinski definition) is 3. The molecule has 0 radical (unpaired) electrons. The minimum absolute atomic E-state index is 0.0132. The van der Waals surface area contributed by atoms with Gasteiger partial charge in [-0.25, -0.2) is 4.79 Å². The molecule has 1 saturated heterocycles. The first-order valence-corrected chi connectivity index (χ1v) is 4.83. The van der Waals surface area contributed by atoms with Gasteiger partial charge in [-0.2, -0.15) is 0 Å². The van der Waals surface area contributed by atoms with E-state index in [9.17, 15) is 14.4 Å². The van der Waals surface area contributed by atoms with Crippen LogP contribution in [0.1, 0.15) is 20.8 Å². The van der Waals surface area contributed by atoms with Crippen LogP contribution in [0.15, 0.2) is 0 Å². The van der Waals surface area contributed by atoms with Crippen LogP contribution in [-0.4, -0.2) is 41.4 Å². The molecule has 0 aromatic carbocycles. The topological polar surface area (TPSA) is 78.5 Å². The fraction of sp³-hybridized carbons (Fsp3) is 0.667. The molecule has 0 aliphatic carbocycles. The summed E-state index contributed by atoms with van der Waals surface area (Å²) >= 11 is 0. The van der Waals surface area contributed by atoms with Crippen molar-refractivity contribution in [3.8, 4) is 0 Å². The van der Waals surface area contributed by atoms with Gasteiger partial charge in [0.2, 0.25) is 5.91 Å². The van der Waals surface area contributed by atoms with E-state index in [1.165, 1.54) is 6.92 Å². The molecule has 15 heavy (non-hydrogen) atoms. The van der Waals surface area contributed by atoms with Crippen LogP contribution in [0.4, 0.5) is 4.79 Å². The first-order valence-electron chi connectivity index (χ1n) is 4.83. The third-order valence-electron chi connectivity index (χ3n) is 2.08. The van der Waals surface area contributed by atoms with Gasteiger partial charge in [-0.15, -0.1) is 0 Å². The van der Waals surface area contributed by atoms with E-state index in [1.54, 1.807) is 0 Å². The Morgan fingerprint density at radius 3 is 2.40 bits per heavy atom. The SMILES string of the molecule is CC(C)NC(=O)C(C)N1C(=O)CNC1=O. The molecule has 0 bridgehead atoms. The molecular weight excluding hydrogens is 198 g/mol. The maximum absolute atomic E-state index is 11.5. The largest absolute Gasteiger partial charge is 0.352 e. The number of urea groups is 1. The van der Waals surface area contributed by atoms with Gasteiger partial charge in [-0.1, -0.05) is 0 Å². The fourth-order valence-electron chi connectivity index (χ4n) is 1.35. The standard InChI is InChI=1S/C9H15N3O3/c1-5(2)11-8(14)6(3)12-7(13)4-10-9(12)15/h5-6H,4H2,1-3H3,(H,10,15)(H,11,14). The molecule has 0 spiro atoms. The molecule has 0 saturated carbocycles. The molecule has 1 unspecified atom stereocenters. The molecule has 1 heterocycles. The highest BCUT2D eigenvalue weighted by molar-refractivity contribution is 6.05. The van der Waals surface area contributed by atoms with E-state index in [0.29, 0.717) is 0 Å². The van der Waals surface area contributed by atoms with Crippen molar-refractivity contribution in [1.29, 1.82) is 0 Å². The van der Waals surface area contributed by atoms with Crippen molar-refractivity contribution in [2.45, 2.75) is 32.9 Å². The summed E-state index contributed by atoms with van der Waals surface area (Å²) in [6.07, 6.45) is 0. The van der Waals surface area contributed by atoms with Crippen LogP contribution in [-0.2, 0) is 9.59 Å². The van der Waals surface area contributed by atoms with Crippen LogP contribution in [0.25, 0.3) is 0 Å². The average molecular weight is 213 g/mol. The highest BCUT2D eigenvalue weighted by Crippen LogP contribution is 2.05. The number of amides is 4.